The molecule has 0 heterocycles. The highest BCUT2D eigenvalue weighted by molar-refractivity contribution is 5.82. The second kappa shape index (κ2) is 4.33. The zero-order valence-corrected chi connectivity index (χ0v) is 8.08. The van der Waals surface area contributed by atoms with Crippen LogP contribution in [0.15, 0.2) is 5.10 Å². The van der Waals surface area contributed by atoms with Crippen LogP contribution in [0.2, 0.25) is 0 Å². The maximum absolute atomic E-state index is 5.86. The highest BCUT2D eigenvalue weighted by atomic mass is 15.4. The van der Waals surface area contributed by atoms with Crippen LogP contribution >= 0.6 is 0 Å². The Hall–Kier alpha value is -0.730. The summed E-state index contributed by atoms with van der Waals surface area (Å²) in [4.78, 5) is 0. The summed E-state index contributed by atoms with van der Waals surface area (Å²) in [5.41, 5.74) is 5.86. The van der Waals surface area contributed by atoms with Crippen LogP contribution in [0.25, 0.3) is 0 Å². The van der Waals surface area contributed by atoms with Crippen molar-refractivity contribution in [3.05, 3.63) is 0 Å². The summed E-state index contributed by atoms with van der Waals surface area (Å²) in [6.45, 7) is 0. The topological polar surface area (TPSA) is 41.6 Å². The van der Waals surface area contributed by atoms with Crippen LogP contribution in [-0.2, 0) is 0 Å². The van der Waals surface area contributed by atoms with Gasteiger partial charge in [-0.3, -0.25) is 0 Å². The Bertz CT molecular complexity index is 157. The lowest BCUT2D eigenvalue weighted by Gasteiger charge is -2.21. The number of hydrogen-bond donors (Lipinski definition) is 1. The first-order chi connectivity index (χ1) is 5.70. The molecule has 0 bridgehead atoms. The zero-order chi connectivity index (χ0) is 8.97. The lowest BCUT2D eigenvalue weighted by atomic mass is 9.88. The summed E-state index contributed by atoms with van der Waals surface area (Å²) in [6.07, 6.45) is 6.45. The summed E-state index contributed by atoms with van der Waals surface area (Å²) in [5.74, 6) is 1.36. The van der Waals surface area contributed by atoms with E-state index < -0.39 is 0 Å². The zero-order valence-electron chi connectivity index (χ0n) is 8.08. The lowest BCUT2D eigenvalue weighted by molar-refractivity contribution is 0.404. The molecule has 1 rings (SSSR count). The second-order valence-corrected chi connectivity index (χ2v) is 3.71. The molecular formula is C9H19N3. The van der Waals surface area contributed by atoms with E-state index in [1.807, 2.05) is 14.1 Å². The largest absolute Gasteiger partial charge is 0.385 e. The van der Waals surface area contributed by atoms with Gasteiger partial charge in [-0.2, -0.15) is 5.10 Å². The van der Waals surface area contributed by atoms with Crippen molar-refractivity contribution >= 4 is 5.84 Å². The predicted molar refractivity (Wildman–Crippen MR) is 51.9 cm³/mol. The Morgan fingerprint density at radius 2 is 1.83 bits per heavy atom. The average Bonchev–Trinajstić information content (AvgIpc) is 2.05. The molecule has 0 spiro atoms. The molecule has 0 saturated heterocycles. The fourth-order valence-electron chi connectivity index (χ4n) is 1.71. The summed E-state index contributed by atoms with van der Waals surface area (Å²) in [7, 11) is 3.82. The second-order valence-electron chi connectivity index (χ2n) is 3.71. The molecule has 1 saturated carbocycles. The number of nitrogens with two attached hydrogens (primary N) is 1. The molecule has 0 aromatic rings. The third-order valence-corrected chi connectivity index (χ3v) is 2.34. The first-order valence-corrected chi connectivity index (χ1v) is 4.71. The molecule has 0 aromatic heterocycles. The van der Waals surface area contributed by atoms with E-state index in [1.165, 1.54) is 32.1 Å². The minimum Gasteiger partial charge on any atom is -0.385 e. The monoisotopic (exact) mass is 169 g/mol. The molecule has 0 amide bonds. The summed E-state index contributed by atoms with van der Waals surface area (Å²) >= 11 is 0. The fourth-order valence-corrected chi connectivity index (χ4v) is 1.71. The smallest absolute Gasteiger partial charge is 0.122 e. The van der Waals surface area contributed by atoms with E-state index in [0.717, 1.165) is 5.84 Å². The molecule has 12 heavy (non-hydrogen) atoms. The van der Waals surface area contributed by atoms with Crippen LogP contribution < -0.4 is 5.73 Å². The maximum atomic E-state index is 5.86. The van der Waals surface area contributed by atoms with Gasteiger partial charge in [0.15, 0.2) is 0 Å². The quantitative estimate of drug-likeness (QED) is 0.386. The van der Waals surface area contributed by atoms with Crippen LogP contribution in [-0.4, -0.2) is 24.9 Å². The minimum absolute atomic E-state index is 0.543. The third kappa shape index (κ3) is 2.72. The van der Waals surface area contributed by atoms with Gasteiger partial charge in [-0.25, -0.2) is 0 Å². The van der Waals surface area contributed by atoms with Crippen LogP contribution in [0.5, 0.6) is 0 Å². The molecule has 0 radical (unpaired) electrons. The van der Waals surface area contributed by atoms with E-state index in [-0.39, 0.29) is 0 Å². The highest BCUT2D eigenvalue weighted by Crippen LogP contribution is 2.23. The molecular weight excluding hydrogens is 150 g/mol. The van der Waals surface area contributed by atoms with Gasteiger partial charge in [-0.05, 0) is 12.8 Å². The third-order valence-electron chi connectivity index (χ3n) is 2.34. The van der Waals surface area contributed by atoms with Crippen molar-refractivity contribution < 1.29 is 0 Å². The van der Waals surface area contributed by atoms with Crippen molar-refractivity contribution in [2.45, 2.75) is 32.1 Å². The van der Waals surface area contributed by atoms with Gasteiger partial charge in [0.2, 0.25) is 0 Å². The van der Waals surface area contributed by atoms with Crippen molar-refractivity contribution in [3.63, 3.8) is 0 Å². The first-order valence-electron chi connectivity index (χ1n) is 4.71. The Morgan fingerprint density at radius 3 is 2.33 bits per heavy atom. The Morgan fingerprint density at radius 1 is 1.25 bits per heavy atom. The van der Waals surface area contributed by atoms with E-state index in [9.17, 15) is 0 Å². The molecule has 3 heteroatoms. The fraction of sp³-hybridized carbons (Fsp3) is 0.889. The Kier molecular flexibility index (Phi) is 3.38. The van der Waals surface area contributed by atoms with E-state index in [1.54, 1.807) is 5.01 Å². The lowest BCUT2D eigenvalue weighted by Crippen LogP contribution is -2.28. The number of hydrogen-bond acceptors (Lipinski definition) is 2. The minimum atomic E-state index is 0.543. The number of rotatable bonds is 2. The summed E-state index contributed by atoms with van der Waals surface area (Å²) in [6, 6.07) is 0. The van der Waals surface area contributed by atoms with E-state index in [2.05, 4.69) is 5.10 Å². The standard InChI is InChI=1S/C9H19N3/c1-12(2)11-9(10)8-6-4-3-5-7-8/h8H,3-7H2,1-2H3,(H2,10,11). The van der Waals surface area contributed by atoms with Crippen LogP contribution in [0.4, 0.5) is 0 Å². The summed E-state index contributed by atoms with van der Waals surface area (Å²) in [5, 5.41) is 6.01. The normalized spacial score (nSPS) is 21.0. The van der Waals surface area contributed by atoms with Crippen molar-refractivity contribution in [3.8, 4) is 0 Å². The highest BCUT2D eigenvalue weighted by Gasteiger charge is 2.16. The Balaban J connectivity index is 2.44. The van der Waals surface area contributed by atoms with Gasteiger partial charge >= 0.3 is 0 Å². The van der Waals surface area contributed by atoms with Gasteiger partial charge in [0.1, 0.15) is 5.84 Å². The van der Waals surface area contributed by atoms with Gasteiger partial charge < -0.3 is 10.7 Å². The molecule has 2 N–H and O–H groups in total. The van der Waals surface area contributed by atoms with Crippen LogP contribution in [0, 0.1) is 5.92 Å². The average molecular weight is 169 g/mol. The van der Waals surface area contributed by atoms with Crippen LogP contribution in [0.1, 0.15) is 32.1 Å². The van der Waals surface area contributed by atoms with E-state index in [0.29, 0.717) is 5.92 Å². The molecule has 1 aliphatic rings. The summed E-state index contributed by atoms with van der Waals surface area (Å²) < 4.78 is 0. The predicted octanol–water partition coefficient (Wildman–Crippen LogP) is 1.40. The van der Waals surface area contributed by atoms with Gasteiger partial charge in [0, 0.05) is 20.0 Å². The molecule has 3 nitrogen and oxygen atoms in total. The molecule has 1 fully saturated rings. The van der Waals surface area contributed by atoms with Crippen molar-refractivity contribution in [1.82, 2.24) is 5.01 Å². The SMILES string of the molecule is CN(C)/N=C(\N)C1CCCCC1. The number of nitrogens with zero attached hydrogens (tertiary/aromatic N) is 2. The molecule has 1 aliphatic carbocycles. The van der Waals surface area contributed by atoms with E-state index in [4.69, 9.17) is 5.73 Å². The van der Waals surface area contributed by atoms with Gasteiger partial charge in [0.05, 0.1) is 0 Å². The molecule has 70 valence electrons. The van der Waals surface area contributed by atoms with Crippen molar-refractivity contribution in [1.29, 1.82) is 0 Å². The first kappa shape index (κ1) is 9.36. The number of amidine groups is 1. The molecule has 0 unspecified atom stereocenters. The van der Waals surface area contributed by atoms with E-state index >= 15 is 0 Å². The van der Waals surface area contributed by atoms with Crippen molar-refractivity contribution in [2.75, 3.05) is 14.1 Å². The van der Waals surface area contributed by atoms with Crippen molar-refractivity contribution in [2.24, 2.45) is 16.8 Å². The Labute approximate surface area is 74.6 Å². The van der Waals surface area contributed by atoms with Gasteiger partial charge in [-0.1, -0.05) is 19.3 Å². The van der Waals surface area contributed by atoms with Gasteiger partial charge in [-0.15, -0.1) is 0 Å². The molecule has 0 aromatic carbocycles. The van der Waals surface area contributed by atoms with Gasteiger partial charge in [0.25, 0.3) is 0 Å². The number of hydrazone groups is 1. The van der Waals surface area contributed by atoms with Crippen LogP contribution in [0.3, 0.4) is 0 Å². The molecule has 0 aliphatic heterocycles. The molecule has 0 atom stereocenters. The maximum Gasteiger partial charge on any atom is 0.122 e.